The zero-order valence-corrected chi connectivity index (χ0v) is 11.4. The second kappa shape index (κ2) is 5.42. The quantitative estimate of drug-likeness (QED) is 0.787. The molecule has 0 amide bonds. The number of thiophene rings is 1. The molecule has 3 aromatic rings. The van der Waals surface area contributed by atoms with Crippen LogP contribution in [0.3, 0.4) is 0 Å². The van der Waals surface area contributed by atoms with Gasteiger partial charge in [-0.3, -0.25) is 0 Å². The van der Waals surface area contributed by atoms with E-state index in [1.54, 1.807) is 30.0 Å². The molecule has 0 aliphatic heterocycles. The number of nitrogens with one attached hydrogen (secondary N) is 1. The highest BCUT2D eigenvalue weighted by molar-refractivity contribution is 7.10. The van der Waals surface area contributed by atoms with E-state index < -0.39 is 0 Å². The SMILES string of the molecule is Clc1cnc(NCc2cc(-c3ccco3)cs2)nc1. The fourth-order valence-corrected chi connectivity index (χ4v) is 2.53. The van der Waals surface area contributed by atoms with E-state index in [9.17, 15) is 0 Å². The van der Waals surface area contributed by atoms with Crippen molar-refractivity contribution in [1.29, 1.82) is 0 Å². The second-order valence-corrected chi connectivity index (χ2v) is 5.29. The average Bonchev–Trinajstić information content (AvgIpc) is 3.09. The molecular formula is C13H10ClN3OS. The van der Waals surface area contributed by atoms with Crippen LogP contribution in [-0.4, -0.2) is 9.97 Å². The molecule has 3 heterocycles. The van der Waals surface area contributed by atoms with Crippen molar-refractivity contribution in [2.45, 2.75) is 6.54 Å². The molecule has 0 unspecified atom stereocenters. The molecule has 0 fully saturated rings. The van der Waals surface area contributed by atoms with Gasteiger partial charge in [-0.2, -0.15) is 0 Å². The largest absolute Gasteiger partial charge is 0.464 e. The first-order valence-electron chi connectivity index (χ1n) is 5.64. The van der Waals surface area contributed by atoms with Crippen molar-refractivity contribution >= 4 is 28.9 Å². The predicted octanol–water partition coefficient (Wildman–Crippen LogP) is 4.06. The van der Waals surface area contributed by atoms with Crippen LogP contribution in [0.1, 0.15) is 4.88 Å². The molecule has 6 heteroatoms. The lowest BCUT2D eigenvalue weighted by molar-refractivity contribution is 0.582. The molecule has 0 atom stereocenters. The summed E-state index contributed by atoms with van der Waals surface area (Å²) in [6.07, 6.45) is 4.81. The van der Waals surface area contributed by atoms with Crippen LogP contribution in [-0.2, 0) is 6.54 Å². The Morgan fingerprint density at radius 1 is 1.32 bits per heavy atom. The topological polar surface area (TPSA) is 51.0 Å². The molecule has 19 heavy (non-hydrogen) atoms. The Hall–Kier alpha value is -1.85. The maximum atomic E-state index is 5.73. The van der Waals surface area contributed by atoms with E-state index in [0.717, 1.165) is 11.3 Å². The minimum absolute atomic E-state index is 0.529. The van der Waals surface area contributed by atoms with Crippen LogP contribution in [0.15, 0.2) is 46.7 Å². The van der Waals surface area contributed by atoms with Crippen molar-refractivity contribution in [2.75, 3.05) is 5.32 Å². The molecule has 0 saturated carbocycles. The lowest BCUT2D eigenvalue weighted by atomic mass is 10.2. The minimum Gasteiger partial charge on any atom is -0.464 e. The van der Waals surface area contributed by atoms with Gasteiger partial charge in [-0.1, -0.05) is 11.6 Å². The molecule has 0 aromatic carbocycles. The Labute approximate surface area is 119 Å². The molecule has 0 aliphatic carbocycles. The first-order valence-corrected chi connectivity index (χ1v) is 6.90. The third-order valence-electron chi connectivity index (χ3n) is 2.50. The monoisotopic (exact) mass is 291 g/mol. The maximum Gasteiger partial charge on any atom is 0.222 e. The molecule has 0 bridgehead atoms. The number of rotatable bonds is 4. The summed E-state index contributed by atoms with van der Waals surface area (Å²) in [5.41, 5.74) is 1.09. The summed E-state index contributed by atoms with van der Waals surface area (Å²) < 4.78 is 5.36. The average molecular weight is 292 g/mol. The van der Waals surface area contributed by atoms with Crippen molar-refractivity contribution in [3.8, 4) is 11.3 Å². The molecule has 3 rings (SSSR count). The number of anilines is 1. The predicted molar refractivity (Wildman–Crippen MR) is 76.4 cm³/mol. The number of nitrogens with zero attached hydrogens (tertiary/aromatic N) is 2. The summed E-state index contributed by atoms with van der Waals surface area (Å²) >= 11 is 7.39. The molecule has 0 saturated heterocycles. The Morgan fingerprint density at radius 3 is 2.89 bits per heavy atom. The molecule has 3 aromatic heterocycles. The van der Waals surface area contributed by atoms with Crippen LogP contribution in [0, 0.1) is 0 Å². The van der Waals surface area contributed by atoms with Crippen molar-refractivity contribution in [3.05, 3.63) is 52.1 Å². The molecule has 0 radical (unpaired) electrons. The fraction of sp³-hybridized carbons (Fsp3) is 0.0769. The zero-order valence-electron chi connectivity index (χ0n) is 9.84. The van der Waals surface area contributed by atoms with Gasteiger partial charge in [0.05, 0.1) is 30.2 Å². The van der Waals surface area contributed by atoms with Gasteiger partial charge >= 0.3 is 0 Å². The van der Waals surface area contributed by atoms with Gasteiger partial charge in [-0.15, -0.1) is 11.3 Å². The first-order chi connectivity index (χ1) is 9.31. The summed E-state index contributed by atoms with van der Waals surface area (Å²) in [6, 6.07) is 5.92. The molecule has 0 aliphatic rings. The number of aromatic nitrogens is 2. The molecular weight excluding hydrogens is 282 g/mol. The Morgan fingerprint density at radius 2 is 2.16 bits per heavy atom. The van der Waals surface area contributed by atoms with Gasteiger partial charge in [-0.05, 0) is 18.2 Å². The summed E-state index contributed by atoms with van der Waals surface area (Å²) in [7, 11) is 0. The summed E-state index contributed by atoms with van der Waals surface area (Å²) in [6.45, 7) is 0.674. The van der Waals surface area contributed by atoms with Crippen molar-refractivity contribution in [2.24, 2.45) is 0 Å². The van der Waals surface area contributed by atoms with E-state index in [2.05, 4.69) is 26.7 Å². The van der Waals surface area contributed by atoms with Crippen molar-refractivity contribution < 1.29 is 4.42 Å². The smallest absolute Gasteiger partial charge is 0.222 e. The second-order valence-electron chi connectivity index (χ2n) is 3.86. The number of furan rings is 1. The van der Waals surface area contributed by atoms with Gasteiger partial charge in [0.1, 0.15) is 5.76 Å². The maximum absolute atomic E-state index is 5.73. The molecule has 96 valence electrons. The summed E-state index contributed by atoms with van der Waals surface area (Å²) in [5.74, 6) is 1.45. The highest BCUT2D eigenvalue weighted by Crippen LogP contribution is 2.26. The van der Waals surface area contributed by atoms with Crippen LogP contribution in [0.4, 0.5) is 5.95 Å². The van der Waals surface area contributed by atoms with Crippen LogP contribution in [0.2, 0.25) is 5.02 Å². The van der Waals surface area contributed by atoms with Crippen LogP contribution < -0.4 is 5.32 Å². The summed E-state index contributed by atoms with van der Waals surface area (Å²) in [5, 5.41) is 5.74. The zero-order chi connectivity index (χ0) is 13.1. The van der Waals surface area contributed by atoms with E-state index in [1.807, 2.05) is 12.1 Å². The van der Waals surface area contributed by atoms with Crippen molar-refractivity contribution in [3.63, 3.8) is 0 Å². The summed E-state index contributed by atoms with van der Waals surface area (Å²) in [4.78, 5) is 9.35. The lowest BCUT2D eigenvalue weighted by Crippen LogP contribution is -2.01. The Bertz CT molecular complexity index is 649. The highest BCUT2D eigenvalue weighted by Gasteiger charge is 2.05. The van der Waals surface area contributed by atoms with Crippen LogP contribution in [0.25, 0.3) is 11.3 Å². The minimum atomic E-state index is 0.529. The number of halogens is 1. The highest BCUT2D eigenvalue weighted by atomic mass is 35.5. The van der Waals surface area contributed by atoms with E-state index in [4.69, 9.17) is 16.0 Å². The molecule has 1 N–H and O–H groups in total. The Kier molecular flexibility index (Phi) is 3.48. The van der Waals surface area contributed by atoms with Gasteiger partial charge in [0.15, 0.2) is 0 Å². The molecule has 4 nitrogen and oxygen atoms in total. The van der Waals surface area contributed by atoms with Crippen LogP contribution in [0.5, 0.6) is 0 Å². The number of hydrogen-bond donors (Lipinski definition) is 1. The van der Waals surface area contributed by atoms with Gasteiger partial charge in [0, 0.05) is 15.8 Å². The Balaban J connectivity index is 1.66. The van der Waals surface area contributed by atoms with E-state index >= 15 is 0 Å². The molecule has 0 spiro atoms. The lowest BCUT2D eigenvalue weighted by Gasteiger charge is -2.01. The van der Waals surface area contributed by atoms with Gasteiger partial charge in [0.25, 0.3) is 0 Å². The van der Waals surface area contributed by atoms with Gasteiger partial charge in [-0.25, -0.2) is 9.97 Å². The van der Waals surface area contributed by atoms with Crippen LogP contribution >= 0.6 is 22.9 Å². The van der Waals surface area contributed by atoms with E-state index in [-0.39, 0.29) is 0 Å². The third kappa shape index (κ3) is 2.94. The van der Waals surface area contributed by atoms with Gasteiger partial charge < -0.3 is 9.73 Å². The standard InChI is InChI=1S/C13H10ClN3OS/c14-10-5-15-13(16-6-10)17-7-11-4-9(8-19-11)12-2-1-3-18-12/h1-6,8H,7H2,(H,15,16,17). The van der Waals surface area contributed by atoms with E-state index in [0.29, 0.717) is 17.5 Å². The normalized spacial score (nSPS) is 10.6. The number of hydrogen-bond acceptors (Lipinski definition) is 5. The fourth-order valence-electron chi connectivity index (χ4n) is 1.62. The van der Waals surface area contributed by atoms with E-state index in [1.165, 1.54) is 4.88 Å². The van der Waals surface area contributed by atoms with Crippen molar-refractivity contribution in [1.82, 2.24) is 9.97 Å². The first kappa shape index (κ1) is 12.2. The third-order valence-corrected chi connectivity index (χ3v) is 3.63. The van der Waals surface area contributed by atoms with Gasteiger partial charge in [0.2, 0.25) is 5.95 Å².